The molecule has 2 heterocycles. The molecule has 8 heteroatoms. The van der Waals surface area contributed by atoms with E-state index in [0.717, 1.165) is 89.9 Å². The highest BCUT2D eigenvalue weighted by molar-refractivity contribution is 5.23. The number of nitrogens with zero attached hydrogens (tertiary/aromatic N) is 8. The molecule has 59 heavy (non-hydrogen) atoms. The number of hydrogen-bond donors (Lipinski definition) is 0. The van der Waals surface area contributed by atoms with E-state index in [9.17, 15) is 0 Å². The van der Waals surface area contributed by atoms with Gasteiger partial charge in [0.2, 0.25) is 12.7 Å². The van der Waals surface area contributed by atoms with Crippen LogP contribution in [-0.2, 0) is 52.9 Å². The third-order valence-corrected chi connectivity index (χ3v) is 12.2. The minimum absolute atomic E-state index is 0.910. The van der Waals surface area contributed by atoms with Gasteiger partial charge in [0.1, 0.15) is 90.2 Å². The Morgan fingerprint density at radius 2 is 0.831 bits per heavy atom. The Morgan fingerprint density at radius 3 is 1.25 bits per heavy atom. The third kappa shape index (κ3) is 16.5. The summed E-state index contributed by atoms with van der Waals surface area (Å²) in [6.45, 7) is 13.9. The topological polar surface area (TPSA) is 17.6 Å². The fourth-order valence-corrected chi connectivity index (χ4v) is 8.38. The van der Waals surface area contributed by atoms with Crippen molar-refractivity contribution in [2.75, 3.05) is 82.6 Å². The summed E-state index contributed by atoms with van der Waals surface area (Å²) in [5.41, 5.74) is 8.37. The predicted octanol–water partition coefficient (Wildman–Crippen LogP) is 7.56. The van der Waals surface area contributed by atoms with Crippen LogP contribution in [0.25, 0.3) is 0 Å². The Morgan fingerprint density at radius 1 is 0.441 bits per heavy atom. The lowest BCUT2D eigenvalue weighted by Crippen LogP contribution is -2.50. The van der Waals surface area contributed by atoms with Gasteiger partial charge in [-0.25, -0.2) is 18.3 Å². The van der Waals surface area contributed by atoms with Crippen LogP contribution in [0.5, 0.6) is 0 Å². The average molecular weight is 807 g/mol. The molecule has 0 fully saturated rings. The van der Waals surface area contributed by atoms with E-state index in [0.29, 0.717) is 0 Å². The van der Waals surface area contributed by atoms with Crippen molar-refractivity contribution in [2.45, 2.75) is 91.3 Å². The van der Waals surface area contributed by atoms with Gasteiger partial charge in [0.25, 0.3) is 0 Å². The molecule has 0 amide bonds. The molecule has 5 aromatic rings. The monoisotopic (exact) mass is 807 g/mol. The maximum Gasteiger partial charge on any atom is 0.244 e. The van der Waals surface area contributed by atoms with Crippen LogP contribution in [0.2, 0.25) is 0 Å². The van der Waals surface area contributed by atoms with Gasteiger partial charge in [-0.3, -0.25) is 0 Å². The molecule has 3 aromatic carbocycles. The van der Waals surface area contributed by atoms with Crippen molar-refractivity contribution in [1.82, 2.24) is 9.13 Å². The summed E-state index contributed by atoms with van der Waals surface area (Å²) >= 11 is 0. The quantitative estimate of drug-likeness (QED) is 0.0330. The SMILES string of the molecule is CCCCCCCCn1cc[n+](Cc2ccc(C[N+](C)(C)CC[N+](C)(C)Cc3ccc(C[N+](C)(C)CC[N+](C)(C)Cc4ccc(Cn5cc[n+](C)c5)cc4)cc3)cc2)c1. The maximum atomic E-state index is 2.39. The van der Waals surface area contributed by atoms with Gasteiger partial charge in [-0.05, 0) is 24.0 Å². The molecule has 0 atom stereocenters. The van der Waals surface area contributed by atoms with Gasteiger partial charge in [0.05, 0.1) is 70.0 Å². The van der Waals surface area contributed by atoms with E-state index in [2.05, 4.69) is 199 Å². The molecule has 2 aromatic heterocycles. The second-order valence-electron chi connectivity index (χ2n) is 20.6. The van der Waals surface area contributed by atoms with E-state index in [1.54, 1.807) is 0 Å². The molecule has 0 unspecified atom stereocenters. The van der Waals surface area contributed by atoms with Crippen LogP contribution >= 0.6 is 0 Å². The molecule has 0 aliphatic carbocycles. The summed E-state index contributed by atoms with van der Waals surface area (Å²) in [5.74, 6) is 0. The molecule has 8 nitrogen and oxygen atoms in total. The molecule has 0 radical (unpaired) electrons. The van der Waals surface area contributed by atoms with Gasteiger partial charge >= 0.3 is 0 Å². The van der Waals surface area contributed by atoms with Crippen LogP contribution in [0.15, 0.2) is 110 Å². The van der Waals surface area contributed by atoms with E-state index in [1.807, 2.05) is 0 Å². The van der Waals surface area contributed by atoms with Crippen molar-refractivity contribution in [3.05, 3.63) is 144 Å². The Kier molecular flexibility index (Phi) is 16.3. The highest BCUT2D eigenvalue weighted by Crippen LogP contribution is 2.18. The van der Waals surface area contributed by atoms with Crippen LogP contribution in [0.1, 0.15) is 78.8 Å². The summed E-state index contributed by atoms with van der Waals surface area (Å²) in [5, 5.41) is 0. The van der Waals surface area contributed by atoms with E-state index >= 15 is 0 Å². The van der Waals surface area contributed by atoms with Crippen molar-refractivity contribution < 1.29 is 27.1 Å². The van der Waals surface area contributed by atoms with Crippen molar-refractivity contribution >= 4 is 0 Å². The number of hydrogen-bond acceptors (Lipinski definition) is 0. The maximum absolute atomic E-state index is 2.39. The molecule has 0 aliphatic rings. The average Bonchev–Trinajstić information content (AvgIpc) is 3.81. The first kappa shape index (κ1) is 46.0. The van der Waals surface area contributed by atoms with E-state index in [4.69, 9.17) is 0 Å². The summed E-state index contributed by atoms with van der Waals surface area (Å²) in [7, 11) is 21.1. The molecule has 320 valence electrons. The van der Waals surface area contributed by atoms with E-state index < -0.39 is 0 Å². The second kappa shape index (κ2) is 20.9. The minimum Gasteiger partial charge on any atom is -0.320 e. The number of rotatable bonds is 25. The number of aryl methyl sites for hydroxylation is 2. The van der Waals surface area contributed by atoms with Crippen LogP contribution in [0.3, 0.4) is 0 Å². The minimum atomic E-state index is 0.910. The lowest BCUT2D eigenvalue weighted by atomic mass is 10.1. The fraction of sp³-hybridized carbons (Fsp3) is 0.529. The smallest absolute Gasteiger partial charge is 0.244 e. The zero-order valence-electron chi connectivity index (χ0n) is 39.0. The van der Waals surface area contributed by atoms with Gasteiger partial charge in [-0.2, -0.15) is 0 Å². The van der Waals surface area contributed by atoms with Gasteiger partial charge in [0, 0.05) is 22.3 Å². The number of unbranched alkanes of at least 4 members (excludes halogenated alkanes) is 5. The van der Waals surface area contributed by atoms with Gasteiger partial charge < -0.3 is 17.9 Å². The largest absolute Gasteiger partial charge is 0.320 e. The number of quaternary nitrogens is 4. The molecule has 5 rings (SSSR count). The van der Waals surface area contributed by atoms with Crippen molar-refractivity contribution in [3.8, 4) is 0 Å². The van der Waals surface area contributed by atoms with Gasteiger partial charge in [0.15, 0.2) is 0 Å². The van der Waals surface area contributed by atoms with Gasteiger partial charge in [-0.1, -0.05) is 105 Å². The van der Waals surface area contributed by atoms with E-state index in [1.165, 1.54) is 71.9 Å². The summed E-state index contributed by atoms with van der Waals surface area (Å²) in [4.78, 5) is 0. The summed E-state index contributed by atoms with van der Waals surface area (Å²) in [6.07, 6.45) is 21.1. The number of imidazole rings is 2. The highest BCUT2D eigenvalue weighted by Gasteiger charge is 2.26. The Hall–Kier alpha value is -4.08. The van der Waals surface area contributed by atoms with Crippen LogP contribution in [0, 0.1) is 0 Å². The van der Waals surface area contributed by atoms with Crippen molar-refractivity contribution in [2.24, 2.45) is 7.05 Å². The highest BCUT2D eigenvalue weighted by atomic mass is 15.4. The van der Waals surface area contributed by atoms with Crippen LogP contribution in [-0.4, -0.2) is 110 Å². The van der Waals surface area contributed by atoms with Crippen LogP contribution < -0.4 is 9.13 Å². The Labute approximate surface area is 359 Å². The number of likely N-dealkylation sites (N-methyl/N-ethyl adjacent to an activating group) is 4. The Bertz CT molecular complexity index is 1960. The normalized spacial score (nSPS) is 12.7. The molecule has 0 aliphatic heterocycles. The molecule has 0 spiro atoms. The molecular weight excluding hydrogens is 725 g/mol. The first-order valence-corrected chi connectivity index (χ1v) is 22.5. The second-order valence-corrected chi connectivity index (χ2v) is 20.6. The number of aromatic nitrogens is 4. The molecular formula is C51H82N8+6. The first-order valence-electron chi connectivity index (χ1n) is 22.5. The van der Waals surface area contributed by atoms with Crippen molar-refractivity contribution in [1.29, 1.82) is 0 Å². The lowest BCUT2D eigenvalue weighted by Gasteiger charge is -2.36. The lowest BCUT2D eigenvalue weighted by molar-refractivity contribution is -0.958. The third-order valence-electron chi connectivity index (χ3n) is 12.2. The molecule has 0 bridgehead atoms. The number of benzene rings is 3. The summed E-state index contributed by atoms with van der Waals surface area (Å²) < 4.78 is 12.9. The fourth-order valence-electron chi connectivity index (χ4n) is 8.38. The van der Waals surface area contributed by atoms with E-state index in [-0.39, 0.29) is 0 Å². The first-order chi connectivity index (χ1) is 28.0. The van der Waals surface area contributed by atoms with Crippen LogP contribution in [0.4, 0.5) is 0 Å². The molecule has 0 N–H and O–H groups in total. The molecule has 0 saturated carbocycles. The molecule has 0 saturated heterocycles. The summed E-state index contributed by atoms with van der Waals surface area (Å²) in [6, 6.07) is 28.0. The van der Waals surface area contributed by atoms with Crippen molar-refractivity contribution in [3.63, 3.8) is 0 Å². The standard InChI is InChI=1S/C51H82N8/c1-11-12-13-14-15-16-29-53-32-33-55(45-53)39-47-19-23-49(24-20-47)41-57(5,6)35-37-59(9,10)43-51-27-25-50(26-28-51)42-58(7,8)36-34-56(3,4)40-48-21-17-46(18-22-48)38-54-31-30-52(2)44-54/h17-28,30-33,44-45H,11-16,29,34-43H2,1-10H3/q+6. The zero-order valence-corrected chi connectivity index (χ0v) is 39.0. The predicted molar refractivity (Wildman–Crippen MR) is 244 cm³/mol. The zero-order chi connectivity index (χ0) is 42.5. The van der Waals surface area contributed by atoms with Gasteiger partial charge in [-0.15, -0.1) is 0 Å². The Balaban J connectivity index is 1.01.